The second-order valence-corrected chi connectivity index (χ2v) is 4.43. The second kappa shape index (κ2) is 2.85. The van der Waals surface area contributed by atoms with Crippen molar-refractivity contribution in [2.75, 3.05) is 6.54 Å². The third-order valence-electron chi connectivity index (χ3n) is 3.31. The maximum atomic E-state index is 5.83. The van der Waals surface area contributed by atoms with Gasteiger partial charge in [0.1, 0.15) is 0 Å². The van der Waals surface area contributed by atoms with E-state index >= 15 is 0 Å². The zero-order valence-corrected chi connectivity index (χ0v) is 8.43. The quantitative estimate of drug-likeness (QED) is 0.695. The Labute approximate surface area is 80.0 Å². The average molecular weight is 175 g/mol. The predicted molar refractivity (Wildman–Crippen MR) is 55.9 cm³/mol. The minimum atomic E-state index is 0.237. The molecule has 0 bridgehead atoms. The van der Waals surface area contributed by atoms with Gasteiger partial charge in [-0.2, -0.15) is 0 Å². The van der Waals surface area contributed by atoms with E-state index in [2.05, 4.69) is 32.0 Å². The molecule has 0 spiro atoms. The molecule has 1 nitrogen and oxygen atoms in total. The fourth-order valence-corrected chi connectivity index (χ4v) is 2.23. The van der Waals surface area contributed by atoms with Crippen LogP contribution in [0.3, 0.4) is 0 Å². The van der Waals surface area contributed by atoms with Crippen LogP contribution in [0, 0.1) is 6.92 Å². The van der Waals surface area contributed by atoms with E-state index in [9.17, 15) is 0 Å². The summed E-state index contributed by atoms with van der Waals surface area (Å²) in [6.07, 6.45) is 2.41. The molecule has 1 aromatic rings. The molecule has 0 aromatic heterocycles. The first-order valence-corrected chi connectivity index (χ1v) is 4.96. The summed E-state index contributed by atoms with van der Waals surface area (Å²) in [6.45, 7) is 5.19. The van der Waals surface area contributed by atoms with Gasteiger partial charge in [0.25, 0.3) is 0 Å². The molecule has 0 aliphatic heterocycles. The van der Waals surface area contributed by atoms with E-state index < -0.39 is 0 Å². The van der Waals surface area contributed by atoms with Gasteiger partial charge in [-0.15, -0.1) is 0 Å². The molecule has 0 saturated heterocycles. The number of hydrogen-bond donors (Lipinski definition) is 1. The van der Waals surface area contributed by atoms with Crippen molar-refractivity contribution in [3.05, 3.63) is 34.9 Å². The molecule has 13 heavy (non-hydrogen) atoms. The van der Waals surface area contributed by atoms with E-state index in [1.807, 2.05) is 0 Å². The van der Waals surface area contributed by atoms with Gasteiger partial charge in [-0.3, -0.25) is 0 Å². The Hall–Kier alpha value is -0.820. The summed E-state index contributed by atoms with van der Waals surface area (Å²) in [5.41, 5.74) is 10.4. The standard InChI is InChI=1S/C12H17N/c1-9-3-4-10-5-6-12(2,8-13)11(10)7-9/h3-4,7H,5-6,8,13H2,1-2H3. The first-order chi connectivity index (χ1) is 6.15. The van der Waals surface area contributed by atoms with Crippen molar-refractivity contribution in [2.24, 2.45) is 5.73 Å². The molecular weight excluding hydrogens is 158 g/mol. The smallest absolute Gasteiger partial charge is 0.00533 e. The van der Waals surface area contributed by atoms with Crippen LogP contribution in [0.2, 0.25) is 0 Å². The fraction of sp³-hybridized carbons (Fsp3) is 0.500. The van der Waals surface area contributed by atoms with E-state index in [-0.39, 0.29) is 5.41 Å². The second-order valence-electron chi connectivity index (χ2n) is 4.43. The summed E-state index contributed by atoms with van der Waals surface area (Å²) >= 11 is 0. The molecule has 0 fully saturated rings. The zero-order chi connectivity index (χ0) is 9.47. The lowest BCUT2D eigenvalue weighted by molar-refractivity contribution is 0.481. The minimum absolute atomic E-state index is 0.237. The molecule has 70 valence electrons. The van der Waals surface area contributed by atoms with Crippen LogP contribution in [0.1, 0.15) is 30.0 Å². The van der Waals surface area contributed by atoms with Crippen LogP contribution in [0.4, 0.5) is 0 Å². The van der Waals surface area contributed by atoms with Crippen LogP contribution in [0.15, 0.2) is 18.2 Å². The van der Waals surface area contributed by atoms with Crippen LogP contribution >= 0.6 is 0 Å². The van der Waals surface area contributed by atoms with Crippen LogP contribution in [-0.2, 0) is 11.8 Å². The summed E-state index contributed by atoms with van der Waals surface area (Å²) in [4.78, 5) is 0. The van der Waals surface area contributed by atoms with Gasteiger partial charge >= 0.3 is 0 Å². The SMILES string of the molecule is Cc1ccc2c(c1)C(C)(CN)CC2. The lowest BCUT2D eigenvalue weighted by Crippen LogP contribution is -2.29. The molecule has 2 rings (SSSR count). The third kappa shape index (κ3) is 1.28. The van der Waals surface area contributed by atoms with Gasteiger partial charge in [-0.1, -0.05) is 30.7 Å². The van der Waals surface area contributed by atoms with Crippen molar-refractivity contribution < 1.29 is 0 Å². The van der Waals surface area contributed by atoms with Gasteiger partial charge in [0.05, 0.1) is 0 Å². The largest absolute Gasteiger partial charge is 0.330 e. The van der Waals surface area contributed by atoms with Gasteiger partial charge in [-0.25, -0.2) is 0 Å². The van der Waals surface area contributed by atoms with Gasteiger partial charge in [0.2, 0.25) is 0 Å². The van der Waals surface area contributed by atoms with Crippen LogP contribution in [0.25, 0.3) is 0 Å². The predicted octanol–water partition coefficient (Wildman–Crippen LogP) is 2.16. The Morgan fingerprint density at radius 2 is 2.23 bits per heavy atom. The van der Waals surface area contributed by atoms with Crippen LogP contribution in [-0.4, -0.2) is 6.54 Å². The summed E-state index contributed by atoms with van der Waals surface area (Å²) in [6, 6.07) is 6.75. The molecule has 0 saturated carbocycles. The minimum Gasteiger partial charge on any atom is -0.330 e. The lowest BCUT2D eigenvalue weighted by atomic mass is 9.84. The maximum Gasteiger partial charge on any atom is 0.00533 e. The normalized spacial score (nSPS) is 26.1. The van der Waals surface area contributed by atoms with Crippen molar-refractivity contribution in [1.82, 2.24) is 0 Å². The lowest BCUT2D eigenvalue weighted by Gasteiger charge is -2.23. The molecule has 1 aliphatic carbocycles. The number of hydrogen-bond acceptors (Lipinski definition) is 1. The zero-order valence-electron chi connectivity index (χ0n) is 8.43. The molecule has 1 atom stereocenters. The van der Waals surface area contributed by atoms with Gasteiger partial charge in [0, 0.05) is 12.0 Å². The molecule has 1 unspecified atom stereocenters. The number of fused-ring (bicyclic) bond motifs is 1. The number of nitrogens with two attached hydrogens (primary N) is 1. The monoisotopic (exact) mass is 175 g/mol. The first-order valence-electron chi connectivity index (χ1n) is 4.96. The van der Waals surface area contributed by atoms with Gasteiger partial charge in [0.15, 0.2) is 0 Å². The number of aryl methyl sites for hydroxylation is 2. The van der Waals surface area contributed by atoms with Crippen LogP contribution in [0.5, 0.6) is 0 Å². The average Bonchev–Trinajstić information content (AvgIpc) is 2.45. The highest BCUT2D eigenvalue weighted by atomic mass is 14.6. The van der Waals surface area contributed by atoms with E-state index in [1.165, 1.54) is 29.5 Å². The summed E-state index contributed by atoms with van der Waals surface area (Å²) in [5.74, 6) is 0. The first kappa shape index (κ1) is 8.76. The Morgan fingerprint density at radius 1 is 1.46 bits per heavy atom. The van der Waals surface area contributed by atoms with Crippen molar-refractivity contribution in [1.29, 1.82) is 0 Å². The van der Waals surface area contributed by atoms with Crippen LogP contribution < -0.4 is 5.73 Å². The molecule has 1 heteroatoms. The molecule has 0 heterocycles. The van der Waals surface area contributed by atoms with E-state index in [0.29, 0.717) is 0 Å². The number of benzene rings is 1. The molecule has 0 amide bonds. The van der Waals surface area contributed by atoms with Crippen molar-refractivity contribution in [3.63, 3.8) is 0 Å². The Morgan fingerprint density at radius 3 is 2.92 bits per heavy atom. The summed E-state index contributed by atoms with van der Waals surface area (Å²) in [5, 5.41) is 0. The maximum absolute atomic E-state index is 5.83. The van der Waals surface area contributed by atoms with Crippen molar-refractivity contribution >= 4 is 0 Å². The topological polar surface area (TPSA) is 26.0 Å². The number of rotatable bonds is 1. The van der Waals surface area contributed by atoms with E-state index in [4.69, 9.17) is 5.73 Å². The molecular formula is C12H17N. The fourth-order valence-electron chi connectivity index (χ4n) is 2.23. The summed E-state index contributed by atoms with van der Waals surface area (Å²) < 4.78 is 0. The molecule has 1 aliphatic rings. The highest BCUT2D eigenvalue weighted by molar-refractivity contribution is 5.41. The van der Waals surface area contributed by atoms with E-state index in [0.717, 1.165) is 6.54 Å². The Kier molecular flexibility index (Phi) is 1.92. The third-order valence-corrected chi connectivity index (χ3v) is 3.31. The van der Waals surface area contributed by atoms with E-state index in [1.54, 1.807) is 0 Å². The highest BCUT2D eigenvalue weighted by Gasteiger charge is 2.32. The highest BCUT2D eigenvalue weighted by Crippen LogP contribution is 2.38. The Bertz CT molecular complexity index is 330. The molecule has 0 radical (unpaired) electrons. The van der Waals surface area contributed by atoms with Gasteiger partial charge < -0.3 is 5.73 Å². The molecule has 2 N–H and O–H groups in total. The van der Waals surface area contributed by atoms with Gasteiger partial charge in [-0.05, 0) is 30.9 Å². The molecule has 1 aromatic carbocycles. The Balaban J connectivity index is 2.52. The van der Waals surface area contributed by atoms with Crippen molar-refractivity contribution in [3.8, 4) is 0 Å². The summed E-state index contributed by atoms with van der Waals surface area (Å²) in [7, 11) is 0. The van der Waals surface area contributed by atoms with Crippen molar-refractivity contribution in [2.45, 2.75) is 32.1 Å².